The summed E-state index contributed by atoms with van der Waals surface area (Å²) in [6, 6.07) is 0. The van der Waals surface area contributed by atoms with Gasteiger partial charge in [0.1, 0.15) is 8.07 Å². The predicted molar refractivity (Wildman–Crippen MR) is 67.2 cm³/mol. The summed E-state index contributed by atoms with van der Waals surface area (Å²) in [7, 11) is -1.36. The van der Waals surface area contributed by atoms with E-state index >= 15 is 0 Å². The number of rotatable bonds is 0. The predicted octanol–water partition coefficient (Wildman–Crippen LogP) is 3.18. The van der Waals surface area contributed by atoms with Crippen molar-refractivity contribution < 1.29 is 4.79 Å². The Kier molecular flexibility index (Phi) is 3.25. The fraction of sp³-hybridized carbons (Fsp3) is 0.615. The third-order valence-electron chi connectivity index (χ3n) is 2.37. The first-order chi connectivity index (χ1) is 6.70. The van der Waals surface area contributed by atoms with E-state index in [2.05, 4.69) is 45.0 Å². The van der Waals surface area contributed by atoms with Crippen molar-refractivity contribution in [2.75, 3.05) is 0 Å². The number of carbonyl (C=O) groups is 1. The molecule has 1 aliphatic carbocycles. The van der Waals surface area contributed by atoms with Gasteiger partial charge in [0.25, 0.3) is 0 Å². The molecule has 0 aromatic carbocycles. The summed E-state index contributed by atoms with van der Waals surface area (Å²) in [6.45, 7) is 10.8. The Morgan fingerprint density at radius 2 is 1.93 bits per heavy atom. The first-order valence-electron chi connectivity index (χ1n) is 5.46. The zero-order valence-electron chi connectivity index (χ0n) is 10.4. The lowest BCUT2D eigenvalue weighted by Crippen LogP contribution is -2.22. The van der Waals surface area contributed by atoms with Gasteiger partial charge >= 0.3 is 0 Å². The smallest absolute Gasteiger partial charge is 0.171 e. The molecule has 0 amide bonds. The number of hydrogen-bond acceptors (Lipinski definition) is 1. The van der Waals surface area contributed by atoms with E-state index in [1.165, 1.54) is 0 Å². The molecule has 1 aliphatic rings. The number of hydrogen-bond donors (Lipinski definition) is 0. The number of allylic oxidation sites excluding steroid dienone is 2. The third-order valence-corrected chi connectivity index (χ3v) is 3.25. The first-order valence-corrected chi connectivity index (χ1v) is 8.96. The van der Waals surface area contributed by atoms with Crippen LogP contribution in [0.5, 0.6) is 0 Å². The molecule has 0 aliphatic heterocycles. The lowest BCUT2D eigenvalue weighted by molar-refractivity contribution is -0.117. The maximum atomic E-state index is 11.8. The molecule has 0 saturated carbocycles. The monoisotopic (exact) mass is 220 g/mol. The van der Waals surface area contributed by atoms with Crippen LogP contribution in [0.2, 0.25) is 19.6 Å². The highest BCUT2D eigenvalue weighted by Gasteiger charge is 2.27. The molecule has 0 aromatic heterocycles. The normalized spacial score (nSPS) is 20.3. The number of Topliss-reactive ketones (excluding diaryl/α,β-unsaturated/α-hetero) is 1. The van der Waals surface area contributed by atoms with Crippen molar-refractivity contribution in [1.82, 2.24) is 0 Å². The first kappa shape index (κ1) is 12.3. The Bertz CT molecular complexity index is 358. The number of ketones is 1. The fourth-order valence-corrected chi connectivity index (χ4v) is 1.98. The Morgan fingerprint density at radius 3 is 2.40 bits per heavy atom. The molecule has 0 unspecified atom stereocenters. The summed E-state index contributed by atoms with van der Waals surface area (Å²) in [5.41, 5.74) is 4.12. The molecule has 0 bridgehead atoms. The standard InChI is InChI=1S/C13H20OSi/c1-13(2)8-6-11(12(14)10-13)7-9-15(3,4)5/h6H,8,10H2,1-5H3. The van der Waals surface area contributed by atoms with E-state index in [-0.39, 0.29) is 11.2 Å². The largest absolute Gasteiger partial charge is 0.293 e. The molecule has 0 heterocycles. The molecule has 0 radical (unpaired) electrons. The van der Waals surface area contributed by atoms with Gasteiger partial charge in [-0.1, -0.05) is 45.5 Å². The van der Waals surface area contributed by atoms with E-state index in [9.17, 15) is 4.79 Å². The van der Waals surface area contributed by atoms with Gasteiger partial charge in [0.2, 0.25) is 0 Å². The Morgan fingerprint density at radius 1 is 1.33 bits per heavy atom. The second-order valence-corrected chi connectivity index (χ2v) is 10.8. The van der Waals surface area contributed by atoms with Gasteiger partial charge in [0.05, 0.1) is 5.57 Å². The summed E-state index contributed by atoms with van der Waals surface area (Å²) < 4.78 is 0. The van der Waals surface area contributed by atoms with Crippen LogP contribution >= 0.6 is 0 Å². The lowest BCUT2D eigenvalue weighted by Gasteiger charge is -2.25. The van der Waals surface area contributed by atoms with Crippen LogP contribution in [0.15, 0.2) is 11.6 Å². The molecule has 0 N–H and O–H groups in total. The molecule has 15 heavy (non-hydrogen) atoms. The molecule has 0 fully saturated rings. The van der Waals surface area contributed by atoms with Crippen molar-refractivity contribution in [3.8, 4) is 11.5 Å². The van der Waals surface area contributed by atoms with E-state index in [4.69, 9.17) is 0 Å². The van der Waals surface area contributed by atoms with E-state index in [1.54, 1.807) is 0 Å². The summed E-state index contributed by atoms with van der Waals surface area (Å²) in [5, 5.41) is 0. The minimum atomic E-state index is -1.36. The summed E-state index contributed by atoms with van der Waals surface area (Å²) in [6.07, 6.45) is 3.62. The van der Waals surface area contributed by atoms with Crippen LogP contribution in [-0.2, 0) is 4.79 Å². The van der Waals surface area contributed by atoms with E-state index < -0.39 is 8.07 Å². The molecule has 0 saturated heterocycles. The molecule has 1 nitrogen and oxygen atoms in total. The molecule has 0 aromatic rings. The van der Waals surface area contributed by atoms with Crippen molar-refractivity contribution in [2.24, 2.45) is 5.41 Å². The van der Waals surface area contributed by atoms with Crippen molar-refractivity contribution >= 4 is 13.9 Å². The highest BCUT2D eigenvalue weighted by atomic mass is 28.3. The van der Waals surface area contributed by atoms with Crippen LogP contribution in [0, 0.1) is 16.9 Å². The Balaban J connectivity index is 2.85. The molecule has 2 heteroatoms. The Hall–Kier alpha value is -0.813. The van der Waals surface area contributed by atoms with Crippen molar-refractivity contribution in [1.29, 1.82) is 0 Å². The summed E-state index contributed by atoms with van der Waals surface area (Å²) in [5.74, 6) is 3.29. The quantitative estimate of drug-likeness (QED) is 0.452. The average molecular weight is 220 g/mol. The van der Waals surface area contributed by atoms with Gasteiger partial charge in [-0.15, -0.1) is 5.54 Å². The third kappa shape index (κ3) is 4.05. The molecule has 82 valence electrons. The Labute approximate surface area is 94.0 Å². The highest BCUT2D eigenvalue weighted by Crippen LogP contribution is 2.31. The van der Waals surface area contributed by atoms with Gasteiger partial charge in [-0.25, -0.2) is 0 Å². The second-order valence-electron chi connectivity index (χ2n) is 6.09. The van der Waals surface area contributed by atoms with Crippen LogP contribution in [0.25, 0.3) is 0 Å². The maximum absolute atomic E-state index is 11.8. The minimum Gasteiger partial charge on any atom is -0.293 e. The van der Waals surface area contributed by atoms with Crippen molar-refractivity contribution in [2.45, 2.75) is 46.3 Å². The minimum absolute atomic E-state index is 0.126. The van der Waals surface area contributed by atoms with Gasteiger partial charge < -0.3 is 0 Å². The van der Waals surface area contributed by atoms with Gasteiger partial charge in [-0.2, -0.15) is 0 Å². The summed E-state index contributed by atoms with van der Waals surface area (Å²) in [4.78, 5) is 11.8. The molecule has 1 rings (SSSR count). The van der Waals surface area contributed by atoms with E-state index in [0.717, 1.165) is 12.0 Å². The molecular weight excluding hydrogens is 200 g/mol. The second kappa shape index (κ2) is 3.98. The molecule has 0 atom stereocenters. The van der Waals surface area contributed by atoms with Crippen molar-refractivity contribution in [3.63, 3.8) is 0 Å². The van der Waals surface area contributed by atoms with Crippen LogP contribution in [-0.4, -0.2) is 13.9 Å². The average Bonchev–Trinajstić information content (AvgIpc) is 1.99. The van der Waals surface area contributed by atoms with E-state index in [1.807, 2.05) is 6.08 Å². The van der Waals surface area contributed by atoms with Gasteiger partial charge in [0, 0.05) is 6.42 Å². The maximum Gasteiger partial charge on any atom is 0.171 e. The van der Waals surface area contributed by atoms with Crippen LogP contribution in [0.4, 0.5) is 0 Å². The topological polar surface area (TPSA) is 17.1 Å². The SMILES string of the molecule is CC1(C)CC=C(C#C[Si](C)(C)C)C(=O)C1. The fourth-order valence-electron chi connectivity index (χ4n) is 1.47. The highest BCUT2D eigenvalue weighted by molar-refractivity contribution is 6.83. The van der Waals surface area contributed by atoms with E-state index in [0.29, 0.717) is 6.42 Å². The van der Waals surface area contributed by atoms with Crippen LogP contribution in [0.1, 0.15) is 26.7 Å². The zero-order valence-corrected chi connectivity index (χ0v) is 11.4. The van der Waals surface area contributed by atoms with Crippen molar-refractivity contribution in [3.05, 3.63) is 11.6 Å². The van der Waals surface area contributed by atoms with Gasteiger partial charge in [0.15, 0.2) is 5.78 Å². The van der Waals surface area contributed by atoms with Gasteiger partial charge in [-0.05, 0) is 11.8 Å². The molecule has 0 spiro atoms. The van der Waals surface area contributed by atoms with Gasteiger partial charge in [-0.3, -0.25) is 4.79 Å². The molecular formula is C13H20OSi. The summed E-state index contributed by atoms with van der Waals surface area (Å²) >= 11 is 0. The van der Waals surface area contributed by atoms with Crippen LogP contribution < -0.4 is 0 Å². The zero-order chi connectivity index (χ0) is 11.7. The number of carbonyl (C=O) groups excluding carboxylic acids is 1. The van der Waals surface area contributed by atoms with Crippen LogP contribution in [0.3, 0.4) is 0 Å². The lowest BCUT2D eigenvalue weighted by atomic mass is 9.78.